The van der Waals surface area contributed by atoms with Gasteiger partial charge in [0.2, 0.25) is 5.79 Å². The number of rotatable bonds is 14. The highest BCUT2D eigenvalue weighted by Crippen LogP contribution is 2.48. The van der Waals surface area contributed by atoms with Crippen LogP contribution in [0.3, 0.4) is 0 Å². The van der Waals surface area contributed by atoms with E-state index in [2.05, 4.69) is 13.5 Å². The van der Waals surface area contributed by atoms with Crippen molar-refractivity contribution in [2.24, 2.45) is 5.41 Å². The molecule has 1 heterocycles. The van der Waals surface area contributed by atoms with Crippen LogP contribution in [0.2, 0.25) is 0 Å². The molecule has 0 unspecified atom stereocenters. The third-order valence-corrected chi connectivity index (χ3v) is 5.95. The Morgan fingerprint density at radius 1 is 1.21 bits per heavy atom. The van der Waals surface area contributed by atoms with Gasteiger partial charge in [0, 0.05) is 25.0 Å². The molecule has 3 atom stereocenters. The van der Waals surface area contributed by atoms with Gasteiger partial charge in [0.15, 0.2) is 6.10 Å². The number of hydrogen-bond acceptors (Lipinski definition) is 7. The van der Waals surface area contributed by atoms with E-state index in [9.17, 15) is 14.4 Å². The molecule has 33 heavy (non-hydrogen) atoms. The number of carbonyl (C=O) groups is 3. The molecule has 7 heteroatoms. The molecule has 0 N–H and O–H groups in total. The third kappa shape index (κ3) is 7.93. The predicted octanol–water partition coefficient (Wildman–Crippen LogP) is 4.85. The fourth-order valence-corrected chi connectivity index (χ4v) is 4.15. The highest BCUT2D eigenvalue weighted by Gasteiger charge is 2.58. The summed E-state index contributed by atoms with van der Waals surface area (Å²) < 4.78 is 23.1. The first-order chi connectivity index (χ1) is 15.7. The van der Waals surface area contributed by atoms with Gasteiger partial charge in [0.1, 0.15) is 6.29 Å². The van der Waals surface area contributed by atoms with Crippen molar-refractivity contribution in [3.05, 3.63) is 36.5 Å². The Balaban J connectivity index is 3.39. The molecular weight excluding hydrogens is 424 g/mol. The lowest BCUT2D eigenvalue weighted by molar-refractivity contribution is -0.335. The maximum atomic E-state index is 12.8. The van der Waals surface area contributed by atoms with Crippen molar-refractivity contribution in [1.29, 1.82) is 0 Å². The molecule has 0 aromatic rings. The molecule has 1 aliphatic rings. The Morgan fingerprint density at radius 3 is 2.48 bits per heavy atom. The molecule has 0 bridgehead atoms. The van der Waals surface area contributed by atoms with Crippen LogP contribution in [0.4, 0.5) is 0 Å². The molecule has 1 aliphatic heterocycles. The summed E-state index contributed by atoms with van der Waals surface area (Å²) in [4.78, 5) is 36.1. The fraction of sp³-hybridized carbons (Fsp3) is 0.654. The SMILES string of the molecule is C=CC[C@@H]1C/C(=C\C(=O)OC)[C@H](OC(=O)CCCCCCC)[C@](OC)(C(C)(C)/C=C/C=O)O1. The Kier molecular flexibility index (Phi) is 12.3. The average molecular weight is 465 g/mol. The molecule has 1 fully saturated rings. The number of methoxy groups -OCH3 is 2. The molecule has 1 rings (SSSR count). The summed E-state index contributed by atoms with van der Waals surface area (Å²) >= 11 is 0. The zero-order chi connectivity index (χ0) is 24.9. The van der Waals surface area contributed by atoms with Crippen LogP contribution in [0, 0.1) is 5.41 Å². The van der Waals surface area contributed by atoms with Crippen molar-refractivity contribution in [2.75, 3.05) is 14.2 Å². The molecule has 0 aromatic heterocycles. The van der Waals surface area contributed by atoms with E-state index in [1.54, 1.807) is 12.2 Å². The summed E-state index contributed by atoms with van der Waals surface area (Å²) in [6, 6.07) is 0. The number of esters is 2. The minimum Gasteiger partial charge on any atom is -0.466 e. The standard InChI is InChI=1S/C26H40O7/c1-7-9-10-11-12-15-22(28)32-24-20(19-23(29)30-5)18-21(14-8-2)33-26(24,31-6)25(3,4)16-13-17-27/h8,13,16-17,19,21,24H,2,7,9-12,14-15,18H2,1,3-6H3/b16-13+,20-19+/t21-,24+,26-/m1/s1. The van der Waals surface area contributed by atoms with Gasteiger partial charge in [-0.05, 0) is 30.9 Å². The molecule has 186 valence electrons. The summed E-state index contributed by atoms with van der Waals surface area (Å²) in [6.07, 6.45) is 11.4. The van der Waals surface area contributed by atoms with Crippen LogP contribution >= 0.6 is 0 Å². The van der Waals surface area contributed by atoms with Crippen LogP contribution in [-0.2, 0) is 33.3 Å². The quantitative estimate of drug-likeness (QED) is 0.119. The Morgan fingerprint density at radius 2 is 1.91 bits per heavy atom. The first kappa shape index (κ1) is 28.8. The summed E-state index contributed by atoms with van der Waals surface area (Å²) in [6.45, 7) is 9.58. The van der Waals surface area contributed by atoms with Crippen molar-refractivity contribution >= 4 is 18.2 Å². The van der Waals surface area contributed by atoms with Crippen molar-refractivity contribution in [2.45, 2.75) is 90.1 Å². The number of aldehydes is 1. The number of unbranched alkanes of at least 4 members (excludes halogenated alkanes) is 4. The fourth-order valence-electron chi connectivity index (χ4n) is 4.15. The Bertz CT molecular complexity index is 722. The zero-order valence-electron chi connectivity index (χ0n) is 20.8. The van der Waals surface area contributed by atoms with Crippen LogP contribution < -0.4 is 0 Å². The van der Waals surface area contributed by atoms with Gasteiger partial charge in [-0.1, -0.05) is 58.6 Å². The third-order valence-electron chi connectivity index (χ3n) is 5.95. The molecule has 1 saturated heterocycles. The molecule has 0 aliphatic carbocycles. The number of carbonyl (C=O) groups excluding carboxylic acids is 3. The summed E-state index contributed by atoms with van der Waals surface area (Å²) in [5.41, 5.74) is -0.363. The number of hydrogen-bond donors (Lipinski definition) is 0. The van der Waals surface area contributed by atoms with Gasteiger partial charge in [-0.3, -0.25) is 9.59 Å². The second-order valence-electron chi connectivity index (χ2n) is 8.83. The summed E-state index contributed by atoms with van der Waals surface area (Å²) in [5, 5.41) is 0. The van der Waals surface area contributed by atoms with Gasteiger partial charge in [0.25, 0.3) is 0 Å². The number of allylic oxidation sites excluding steroid dienone is 1. The first-order valence-electron chi connectivity index (χ1n) is 11.7. The molecule has 0 radical (unpaired) electrons. The lowest BCUT2D eigenvalue weighted by Gasteiger charge is -2.52. The van der Waals surface area contributed by atoms with E-state index in [0.717, 1.165) is 32.1 Å². The molecule has 0 saturated carbocycles. The van der Waals surface area contributed by atoms with Crippen molar-refractivity contribution in [3.8, 4) is 0 Å². The molecule has 0 amide bonds. The average Bonchev–Trinajstić information content (AvgIpc) is 2.78. The monoisotopic (exact) mass is 464 g/mol. The van der Waals surface area contributed by atoms with Gasteiger partial charge in [-0.25, -0.2) is 4.79 Å². The van der Waals surface area contributed by atoms with Crippen LogP contribution in [0.5, 0.6) is 0 Å². The number of ether oxygens (including phenoxy) is 4. The highest BCUT2D eigenvalue weighted by atomic mass is 16.7. The predicted molar refractivity (Wildman–Crippen MR) is 126 cm³/mol. The smallest absolute Gasteiger partial charge is 0.330 e. The van der Waals surface area contributed by atoms with Gasteiger partial charge in [0.05, 0.1) is 13.2 Å². The van der Waals surface area contributed by atoms with Crippen molar-refractivity contribution < 1.29 is 33.3 Å². The van der Waals surface area contributed by atoms with Crippen LogP contribution in [0.15, 0.2) is 36.5 Å². The van der Waals surface area contributed by atoms with Crippen LogP contribution in [-0.4, -0.2) is 50.4 Å². The minimum atomic E-state index is -1.48. The Hall–Kier alpha value is -2.25. The highest BCUT2D eigenvalue weighted by molar-refractivity contribution is 5.83. The topological polar surface area (TPSA) is 88.1 Å². The van der Waals surface area contributed by atoms with E-state index in [1.807, 2.05) is 13.8 Å². The molecule has 0 aromatic carbocycles. The maximum Gasteiger partial charge on any atom is 0.330 e. The van der Waals surface area contributed by atoms with E-state index in [0.29, 0.717) is 24.7 Å². The van der Waals surface area contributed by atoms with E-state index in [-0.39, 0.29) is 12.5 Å². The van der Waals surface area contributed by atoms with Gasteiger partial charge in [-0.15, -0.1) is 6.58 Å². The lowest BCUT2D eigenvalue weighted by atomic mass is 9.74. The van der Waals surface area contributed by atoms with Crippen molar-refractivity contribution in [3.63, 3.8) is 0 Å². The molecule has 0 spiro atoms. The van der Waals surface area contributed by atoms with Crippen molar-refractivity contribution in [1.82, 2.24) is 0 Å². The largest absolute Gasteiger partial charge is 0.466 e. The Labute approximate surface area is 198 Å². The van der Waals surface area contributed by atoms with E-state index >= 15 is 0 Å². The van der Waals surface area contributed by atoms with Gasteiger partial charge in [-0.2, -0.15) is 0 Å². The van der Waals surface area contributed by atoms with Gasteiger partial charge < -0.3 is 18.9 Å². The first-order valence-corrected chi connectivity index (χ1v) is 11.7. The van der Waals surface area contributed by atoms with Gasteiger partial charge >= 0.3 is 11.9 Å². The summed E-state index contributed by atoms with van der Waals surface area (Å²) in [7, 11) is 2.76. The van der Waals surface area contributed by atoms with Crippen LogP contribution in [0.1, 0.15) is 72.1 Å². The molecular formula is C26H40O7. The second-order valence-corrected chi connectivity index (χ2v) is 8.83. The zero-order valence-corrected chi connectivity index (χ0v) is 20.8. The lowest BCUT2D eigenvalue weighted by Crippen LogP contribution is -2.62. The minimum absolute atomic E-state index is 0.256. The maximum absolute atomic E-state index is 12.8. The van der Waals surface area contributed by atoms with E-state index < -0.39 is 29.2 Å². The van der Waals surface area contributed by atoms with E-state index in [4.69, 9.17) is 18.9 Å². The second kappa shape index (κ2) is 14.1. The summed E-state index contributed by atoms with van der Waals surface area (Å²) in [5.74, 6) is -2.43. The normalized spacial score (nSPS) is 24.6. The molecule has 7 nitrogen and oxygen atoms in total. The van der Waals surface area contributed by atoms with E-state index in [1.165, 1.54) is 26.4 Å². The van der Waals surface area contributed by atoms with Crippen LogP contribution in [0.25, 0.3) is 0 Å².